The number of sulfonamides is 1. The molecule has 0 aliphatic carbocycles. The first-order valence-electron chi connectivity index (χ1n) is 5.37. The van der Waals surface area contributed by atoms with Crippen LogP contribution in [0.2, 0.25) is 0 Å². The van der Waals surface area contributed by atoms with Crippen LogP contribution in [0.1, 0.15) is 13.3 Å². The van der Waals surface area contributed by atoms with Crippen molar-refractivity contribution in [3.8, 4) is 0 Å². The number of benzene rings is 1. The second kappa shape index (κ2) is 5.86. The topological polar surface area (TPSA) is 63.4 Å². The van der Waals surface area contributed by atoms with Crippen molar-refractivity contribution in [3.63, 3.8) is 0 Å². The summed E-state index contributed by atoms with van der Waals surface area (Å²) in [6.07, 6.45) is 0.492. The Morgan fingerprint density at radius 2 is 1.88 bits per heavy atom. The molecule has 0 aliphatic heterocycles. The average molecular weight is 242 g/mol. The zero-order valence-corrected chi connectivity index (χ0v) is 10.3. The van der Waals surface area contributed by atoms with Gasteiger partial charge < -0.3 is 5.73 Å². The molecule has 16 heavy (non-hydrogen) atoms. The summed E-state index contributed by atoms with van der Waals surface area (Å²) in [5.41, 5.74) is 6.04. The summed E-state index contributed by atoms with van der Waals surface area (Å²) in [6, 6.07) is 9.11. The Bertz CT molecular complexity index is 403. The van der Waals surface area contributed by atoms with Crippen molar-refractivity contribution < 1.29 is 8.42 Å². The Hall–Kier alpha value is -1.07. The molecule has 90 valence electrons. The van der Waals surface area contributed by atoms with Crippen molar-refractivity contribution >= 4 is 15.7 Å². The molecular weight excluding hydrogens is 224 g/mol. The average Bonchev–Trinajstić information content (AvgIpc) is 2.28. The second-order valence-electron chi connectivity index (χ2n) is 3.46. The minimum absolute atomic E-state index is 0.103. The van der Waals surface area contributed by atoms with Crippen LogP contribution >= 0.6 is 0 Å². The van der Waals surface area contributed by atoms with Crippen LogP contribution in [0.5, 0.6) is 0 Å². The third-order valence-corrected chi connectivity index (χ3v) is 4.22. The van der Waals surface area contributed by atoms with Gasteiger partial charge in [0.15, 0.2) is 0 Å². The van der Waals surface area contributed by atoms with E-state index in [1.807, 2.05) is 25.1 Å². The molecule has 0 aliphatic rings. The predicted molar refractivity (Wildman–Crippen MR) is 66.9 cm³/mol. The van der Waals surface area contributed by atoms with Crippen molar-refractivity contribution in [1.29, 1.82) is 0 Å². The molecule has 0 saturated heterocycles. The Balaban J connectivity index is 2.90. The standard InChI is InChI=1S/C11H18N2O2S/c1-2-13(11-7-4-3-5-8-11)16(14,15)10-6-9-12/h3-5,7-8H,2,6,9-10,12H2,1H3. The van der Waals surface area contributed by atoms with E-state index in [-0.39, 0.29) is 5.75 Å². The van der Waals surface area contributed by atoms with E-state index >= 15 is 0 Å². The molecule has 0 saturated carbocycles. The van der Waals surface area contributed by atoms with Crippen molar-refractivity contribution in [2.45, 2.75) is 13.3 Å². The van der Waals surface area contributed by atoms with Crippen LogP contribution in [0.4, 0.5) is 5.69 Å². The lowest BCUT2D eigenvalue weighted by atomic mass is 10.3. The van der Waals surface area contributed by atoms with Gasteiger partial charge in [-0.25, -0.2) is 8.42 Å². The van der Waals surface area contributed by atoms with Crippen LogP contribution < -0.4 is 10.0 Å². The first-order valence-corrected chi connectivity index (χ1v) is 6.98. The molecule has 0 spiro atoms. The summed E-state index contributed by atoms with van der Waals surface area (Å²) in [7, 11) is -3.23. The number of hydrogen-bond donors (Lipinski definition) is 1. The van der Waals surface area contributed by atoms with Crippen LogP contribution in [0.15, 0.2) is 30.3 Å². The zero-order valence-electron chi connectivity index (χ0n) is 9.46. The number of para-hydroxylation sites is 1. The predicted octanol–water partition coefficient (Wildman–Crippen LogP) is 1.19. The fourth-order valence-electron chi connectivity index (χ4n) is 1.51. The van der Waals surface area contributed by atoms with Gasteiger partial charge in [-0.2, -0.15) is 0 Å². The van der Waals surface area contributed by atoms with E-state index in [1.54, 1.807) is 12.1 Å². The van der Waals surface area contributed by atoms with E-state index in [0.717, 1.165) is 0 Å². The summed E-state index contributed by atoms with van der Waals surface area (Å²) in [5.74, 6) is 0.103. The number of nitrogens with two attached hydrogens (primary N) is 1. The highest BCUT2D eigenvalue weighted by atomic mass is 32.2. The van der Waals surface area contributed by atoms with Crippen LogP contribution in [0, 0.1) is 0 Å². The largest absolute Gasteiger partial charge is 0.330 e. The monoisotopic (exact) mass is 242 g/mol. The molecule has 0 heterocycles. The molecule has 0 unspecified atom stereocenters. The van der Waals surface area contributed by atoms with Gasteiger partial charge in [-0.3, -0.25) is 4.31 Å². The fraction of sp³-hybridized carbons (Fsp3) is 0.455. The van der Waals surface area contributed by atoms with Gasteiger partial charge in [-0.05, 0) is 32.0 Å². The lowest BCUT2D eigenvalue weighted by Crippen LogP contribution is -2.33. The summed E-state index contributed by atoms with van der Waals surface area (Å²) in [4.78, 5) is 0. The third-order valence-electron chi connectivity index (χ3n) is 2.27. The quantitative estimate of drug-likeness (QED) is 0.815. The second-order valence-corrected chi connectivity index (χ2v) is 5.47. The molecule has 0 atom stereocenters. The van der Waals surface area contributed by atoms with E-state index in [4.69, 9.17) is 5.73 Å². The van der Waals surface area contributed by atoms with Crippen LogP contribution in [0.3, 0.4) is 0 Å². The maximum Gasteiger partial charge on any atom is 0.235 e. The highest BCUT2D eigenvalue weighted by molar-refractivity contribution is 7.92. The molecule has 0 amide bonds. The number of anilines is 1. The molecule has 4 nitrogen and oxygen atoms in total. The van der Waals surface area contributed by atoms with E-state index in [9.17, 15) is 8.42 Å². The molecule has 0 bridgehead atoms. The molecule has 1 rings (SSSR count). The van der Waals surface area contributed by atoms with Crippen LogP contribution in [0.25, 0.3) is 0 Å². The van der Waals surface area contributed by atoms with Crippen molar-refractivity contribution in [1.82, 2.24) is 0 Å². The first-order chi connectivity index (χ1) is 7.61. The Labute approximate surface area is 97.1 Å². The fourth-order valence-corrected chi connectivity index (χ4v) is 3.10. The zero-order chi connectivity index (χ0) is 12.0. The maximum absolute atomic E-state index is 12.0. The minimum Gasteiger partial charge on any atom is -0.330 e. The Kier molecular flexibility index (Phi) is 4.76. The number of rotatable bonds is 6. The molecule has 1 aromatic carbocycles. The molecular formula is C11H18N2O2S. The number of hydrogen-bond acceptors (Lipinski definition) is 3. The third kappa shape index (κ3) is 3.21. The SMILES string of the molecule is CCN(c1ccccc1)S(=O)(=O)CCCN. The smallest absolute Gasteiger partial charge is 0.235 e. The van der Waals surface area contributed by atoms with Crippen molar-refractivity contribution in [2.24, 2.45) is 5.73 Å². The van der Waals surface area contributed by atoms with E-state index in [2.05, 4.69) is 0 Å². The molecule has 1 aromatic rings. The summed E-state index contributed by atoms with van der Waals surface area (Å²) in [5, 5.41) is 0. The highest BCUT2D eigenvalue weighted by Gasteiger charge is 2.19. The Morgan fingerprint density at radius 3 is 2.38 bits per heavy atom. The highest BCUT2D eigenvalue weighted by Crippen LogP contribution is 2.17. The van der Waals surface area contributed by atoms with Crippen molar-refractivity contribution in [2.75, 3.05) is 23.1 Å². The van der Waals surface area contributed by atoms with Gasteiger partial charge in [-0.1, -0.05) is 18.2 Å². The van der Waals surface area contributed by atoms with Crippen LogP contribution in [-0.4, -0.2) is 27.3 Å². The molecule has 5 heteroatoms. The minimum atomic E-state index is -3.23. The lowest BCUT2D eigenvalue weighted by molar-refractivity contribution is 0.589. The van der Waals surface area contributed by atoms with Gasteiger partial charge in [-0.15, -0.1) is 0 Å². The molecule has 0 aromatic heterocycles. The summed E-state index contributed by atoms with van der Waals surface area (Å²) < 4.78 is 25.4. The van der Waals surface area contributed by atoms with Gasteiger partial charge in [0, 0.05) is 6.54 Å². The van der Waals surface area contributed by atoms with E-state index < -0.39 is 10.0 Å². The Morgan fingerprint density at radius 1 is 1.25 bits per heavy atom. The van der Waals surface area contributed by atoms with E-state index in [0.29, 0.717) is 25.2 Å². The maximum atomic E-state index is 12.0. The van der Waals surface area contributed by atoms with Gasteiger partial charge in [0.25, 0.3) is 0 Å². The first kappa shape index (κ1) is 13.0. The normalized spacial score (nSPS) is 11.4. The van der Waals surface area contributed by atoms with Crippen molar-refractivity contribution in [3.05, 3.63) is 30.3 Å². The lowest BCUT2D eigenvalue weighted by Gasteiger charge is -2.22. The van der Waals surface area contributed by atoms with Gasteiger partial charge >= 0.3 is 0 Å². The summed E-state index contributed by atoms with van der Waals surface area (Å²) in [6.45, 7) is 2.66. The van der Waals surface area contributed by atoms with Gasteiger partial charge in [0.1, 0.15) is 0 Å². The van der Waals surface area contributed by atoms with Gasteiger partial charge in [0.2, 0.25) is 10.0 Å². The molecule has 0 radical (unpaired) electrons. The summed E-state index contributed by atoms with van der Waals surface area (Å²) >= 11 is 0. The van der Waals surface area contributed by atoms with Crippen LogP contribution in [-0.2, 0) is 10.0 Å². The number of nitrogens with zero attached hydrogens (tertiary/aromatic N) is 1. The molecule has 0 fully saturated rings. The van der Waals surface area contributed by atoms with E-state index in [1.165, 1.54) is 4.31 Å². The van der Waals surface area contributed by atoms with Gasteiger partial charge in [0.05, 0.1) is 11.4 Å². The molecule has 2 N–H and O–H groups in total.